The van der Waals surface area contributed by atoms with Gasteiger partial charge in [0.25, 0.3) is 0 Å². The number of anilines is 2. The number of hydrogen-bond acceptors (Lipinski definition) is 5. The highest BCUT2D eigenvalue weighted by Gasteiger charge is 2.11. The quantitative estimate of drug-likeness (QED) is 0.573. The van der Waals surface area contributed by atoms with Gasteiger partial charge in [-0.25, -0.2) is 4.98 Å². The van der Waals surface area contributed by atoms with E-state index in [4.69, 9.17) is 16.3 Å². The standard InChI is InChI=1S/C18H20ClN3OS/c1-4-14-9-15-16(21-18(19)22-17(15)24-14)20-12-5-7-13(8-6-12)23-10-11(2)3/h5-9,11H,4,10H2,1-3H3,(H,20,21,22). The molecule has 2 aromatic heterocycles. The van der Waals surface area contributed by atoms with E-state index in [1.54, 1.807) is 11.3 Å². The van der Waals surface area contributed by atoms with E-state index in [0.29, 0.717) is 12.5 Å². The third-order valence-corrected chi connectivity index (χ3v) is 4.81. The molecule has 0 saturated carbocycles. The van der Waals surface area contributed by atoms with Crippen molar-refractivity contribution in [2.24, 2.45) is 5.92 Å². The Bertz CT molecular complexity index is 830. The van der Waals surface area contributed by atoms with Crippen molar-refractivity contribution in [2.45, 2.75) is 27.2 Å². The van der Waals surface area contributed by atoms with Crippen LogP contribution < -0.4 is 10.1 Å². The van der Waals surface area contributed by atoms with Crippen molar-refractivity contribution in [3.63, 3.8) is 0 Å². The van der Waals surface area contributed by atoms with E-state index >= 15 is 0 Å². The van der Waals surface area contributed by atoms with Crippen LogP contribution in [0.5, 0.6) is 5.75 Å². The first-order chi connectivity index (χ1) is 11.5. The number of nitrogens with one attached hydrogen (secondary N) is 1. The number of aromatic nitrogens is 2. The average Bonchev–Trinajstić information content (AvgIpc) is 2.97. The van der Waals surface area contributed by atoms with Crippen LogP contribution in [0.15, 0.2) is 30.3 Å². The predicted molar refractivity (Wildman–Crippen MR) is 102 cm³/mol. The van der Waals surface area contributed by atoms with Gasteiger partial charge < -0.3 is 10.1 Å². The number of benzene rings is 1. The molecular weight excluding hydrogens is 342 g/mol. The largest absolute Gasteiger partial charge is 0.493 e. The summed E-state index contributed by atoms with van der Waals surface area (Å²) < 4.78 is 5.71. The second-order valence-electron chi connectivity index (χ2n) is 5.98. The lowest BCUT2D eigenvalue weighted by Gasteiger charge is -2.10. The molecule has 1 aromatic carbocycles. The van der Waals surface area contributed by atoms with Crippen molar-refractivity contribution in [3.8, 4) is 5.75 Å². The van der Waals surface area contributed by atoms with Crippen LogP contribution in [0.3, 0.4) is 0 Å². The monoisotopic (exact) mass is 361 g/mol. The average molecular weight is 362 g/mol. The van der Waals surface area contributed by atoms with Crippen LogP contribution in [-0.2, 0) is 6.42 Å². The Labute approximate surface area is 150 Å². The third kappa shape index (κ3) is 3.97. The van der Waals surface area contributed by atoms with Crippen molar-refractivity contribution in [1.82, 2.24) is 9.97 Å². The highest BCUT2D eigenvalue weighted by Crippen LogP contribution is 2.32. The maximum atomic E-state index is 6.06. The molecule has 126 valence electrons. The first-order valence-electron chi connectivity index (χ1n) is 8.01. The van der Waals surface area contributed by atoms with Gasteiger partial charge in [-0.15, -0.1) is 11.3 Å². The van der Waals surface area contributed by atoms with Gasteiger partial charge in [-0.3, -0.25) is 0 Å². The summed E-state index contributed by atoms with van der Waals surface area (Å²) >= 11 is 7.72. The van der Waals surface area contributed by atoms with Gasteiger partial charge in [-0.1, -0.05) is 20.8 Å². The molecule has 0 aliphatic heterocycles. The lowest BCUT2D eigenvalue weighted by Crippen LogP contribution is -2.04. The molecule has 6 heteroatoms. The van der Waals surface area contributed by atoms with E-state index in [1.807, 2.05) is 24.3 Å². The molecule has 2 heterocycles. The normalized spacial score (nSPS) is 11.2. The fourth-order valence-corrected chi connectivity index (χ4v) is 3.44. The topological polar surface area (TPSA) is 47.0 Å². The fraction of sp³-hybridized carbons (Fsp3) is 0.333. The first kappa shape index (κ1) is 17.0. The second kappa shape index (κ2) is 7.36. The molecule has 0 spiro atoms. The zero-order valence-electron chi connectivity index (χ0n) is 14.0. The summed E-state index contributed by atoms with van der Waals surface area (Å²) in [4.78, 5) is 10.8. The maximum Gasteiger partial charge on any atom is 0.225 e. The van der Waals surface area contributed by atoms with Gasteiger partial charge in [0.15, 0.2) is 0 Å². The van der Waals surface area contributed by atoms with E-state index in [1.165, 1.54) is 4.88 Å². The molecule has 0 unspecified atom stereocenters. The number of rotatable bonds is 6. The van der Waals surface area contributed by atoms with Crippen LogP contribution >= 0.6 is 22.9 Å². The molecule has 0 saturated heterocycles. The summed E-state index contributed by atoms with van der Waals surface area (Å²) in [6.07, 6.45) is 0.972. The highest BCUT2D eigenvalue weighted by molar-refractivity contribution is 7.18. The lowest BCUT2D eigenvalue weighted by molar-refractivity contribution is 0.271. The highest BCUT2D eigenvalue weighted by atomic mass is 35.5. The molecule has 0 atom stereocenters. The predicted octanol–water partition coefficient (Wildman–Crippen LogP) is 5.69. The molecule has 0 fully saturated rings. The van der Waals surface area contributed by atoms with E-state index < -0.39 is 0 Å². The van der Waals surface area contributed by atoms with Gasteiger partial charge in [0.1, 0.15) is 16.4 Å². The van der Waals surface area contributed by atoms with Gasteiger partial charge in [0.2, 0.25) is 5.28 Å². The van der Waals surface area contributed by atoms with Gasteiger partial charge >= 0.3 is 0 Å². The molecule has 0 bridgehead atoms. The third-order valence-electron chi connectivity index (χ3n) is 3.47. The number of ether oxygens (including phenoxy) is 1. The van der Waals surface area contributed by atoms with Crippen molar-refractivity contribution in [3.05, 3.63) is 40.5 Å². The summed E-state index contributed by atoms with van der Waals surface area (Å²) in [6, 6.07) is 9.99. The van der Waals surface area contributed by atoms with Crippen LogP contribution in [0.25, 0.3) is 10.2 Å². The summed E-state index contributed by atoms with van der Waals surface area (Å²) in [6.45, 7) is 7.10. The molecule has 0 amide bonds. The molecule has 24 heavy (non-hydrogen) atoms. The number of hydrogen-bond donors (Lipinski definition) is 1. The number of halogens is 1. The molecule has 0 radical (unpaired) electrons. The summed E-state index contributed by atoms with van der Waals surface area (Å²) in [7, 11) is 0. The van der Waals surface area contributed by atoms with Crippen molar-refractivity contribution in [2.75, 3.05) is 11.9 Å². The molecule has 3 rings (SSSR count). The van der Waals surface area contributed by atoms with Crippen LogP contribution in [0.2, 0.25) is 5.28 Å². The Morgan fingerprint density at radius 3 is 2.62 bits per heavy atom. The van der Waals surface area contributed by atoms with Gasteiger partial charge in [0.05, 0.1) is 12.0 Å². The minimum absolute atomic E-state index is 0.256. The van der Waals surface area contributed by atoms with E-state index in [9.17, 15) is 0 Å². The summed E-state index contributed by atoms with van der Waals surface area (Å²) in [5, 5.41) is 4.59. The molecule has 0 aliphatic rings. The minimum Gasteiger partial charge on any atom is -0.493 e. The summed E-state index contributed by atoms with van der Waals surface area (Å²) in [5.41, 5.74) is 0.937. The fourth-order valence-electron chi connectivity index (χ4n) is 2.25. The Hall–Kier alpha value is -1.85. The van der Waals surface area contributed by atoms with Gasteiger partial charge in [0, 0.05) is 10.6 Å². The number of thiophene rings is 1. The van der Waals surface area contributed by atoms with Crippen molar-refractivity contribution < 1.29 is 4.74 Å². The molecule has 3 aromatic rings. The zero-order valence-corrected chi connectivity index (χ0v) is 15.5. The van der Waals surface area contributed by atoms with E-state index in [-0.39, 0.29) is 5.28 Å². The van der Waals surface area contributed by atoms with E-state index in [0.717, 1.165) is 33.9 Å². The van der Waals surface area contributed by atoms with Crippen LogP contribution in [0, 0.1) is 5.92 Å². The number of aryl methyl sites for hydroxylation is 1. The van der Waals surface area contributed by atoms with Crippen LogP contribution in [0.1, 0.15) is 25.6 Å². The Kier molecular flexibility index (Phi) is 5.21. The lowest BCUT2D eigenvalue weighted by atomic mass is 10.2. The van der Waals surface area contributed by atoms with Gasteiger partial charge in [-0.2, -0.15) is 4.98 Å². The SMILES string of the molecule is CCc1cc2c(Nc3ccc(OCC(C)C)cc3)nc(Cl)nc2s1. The van der Waals surface area contributed by atoms with Crippen molar-refractivity contribution in [1.29, 1.82) is 0 Å². The Morgan fingerprint density at radius 2 is 1.96 bits per heavy atom. The van der Waals surface area contributed by atoms with Crippen LogP contribution in [-0.4, -0.2) is 16.6 Å². The first-order valence-corrected chi connectivity index (χ1v) is 9.20. The maximum absolute atomic E-state index is 6.06. The second-order valence-corrected chi connectivity index (χ2v) is 7.43. The zero-order chi connectivity index (χ0) is 17.1. The van der Waals surface area contributed by atoms with Gasteiger partial charge in [-0.05, 0) is 54.3 Å². The molecule has 4 nitrogen and oxygen atoms in total. The number of fused-ring (bicyclic) bond motifs is 1. The molecular formula is C18H20ClN3OS. The minimum atomic E-state index is 0.256. The Morgan fingerprint density at radius 1 is 1.21 bits per heavy atom. The van der Waals surface area contributed by atoms with E-state index in [2.05, 4.69) is 42.1 Å². The summed E-state index contributed by atoms with van der Waals surface area (Å²) in [5.74, 6) is 2.10. The number of nitrogens with zero attached hydrogens (tertiary/aromatic N) is 2. The molecule has 0 aliphatic carbocycles. The smallest absolute Gasteiger partial charge is 0.225 e. The Balaban J connectivity index is 1.82. The van der Waals surface area contributed by atoms with Crippen molar-refractivity contribution >= 4 is 44.7 Å². The molecule has 1 N–H and O–H groups in total. The van der Waals surface area contributed by atoms with Crippen LogP contribution in [0.4, 0.5) is 11.5 Å².